The molecule has 0 aromatic rings. The Labute approximate surface area is 127 Å². The van der Waals surface area contributed by atoms with E-state index in [1.807, 2.05) is 0 Å². The Morgan fingerprint density at radius 3 is 2.10 bits per heavy atom. The Bertz CT molecular complexity index is 353. The molecule has 2 N–H and O–H groups in total. The summed E-state index contributed by atoms with van der Waals surface area (Å²) in [4.78, 5) is 23.8. The smallest absolute Gasteiger partial charge is 0.311 e. The first-order chi connectivity index (χ1) is 10.1. The van der Waals surface area contributed by atoms with Crippen LogP contribution in [-0.2, 0) is 9.59 Å². The molecule has 4 nitrogen and oxygen atoms in total. The second-order valence-electron chi connectivity index (χ2n) is 6.98. The van der Waals surface area contributed by atoms with Crippen LogP contribution in [0.4, 0.5) is 0 Å². The van der Waals surface area contributed by atoms with Crippen LogP contribution in [0.25, 0.3) is 0 Å². The van der Waals surface area contributed by atoms with Gasteiger partial charge in [0.15, 0.2) is 0 Å². The van der Waals surface area contributed by atoms with Gasteiger partial charge in [0.1, 0.15) is 0 Å². The zero-order chi connectivity index (χ0) is 15.1. The first kappa shape index (κ1) is 16.3. The van der Waals surface area contributed by atoms with E-state index < -0.39 is 11.4 Å². The van der Waals surface area contributed by atoms with Crippen molar-refractivity contribution < 1.29 is 14.7 Å². The molecule has 4 heteroatoms. The highest BCUT2D eigenvalue weighted by Gasteiger charge is 2.38. The predicted molar refractivity (Wildman–Crippen MR) is 82.0 cm³/mol. The van der Waals surface area contributed by atoms with Crippen molar-refractivity contribution in [1.82, 2.24) is 5.32 Å². The molecule has 0 radical (unpaired) electrons. The number of carbonyl (C=O) groups excluding carboxylic acids is 1. The molecule has 0 aromatic carbocycles. The molecule has 2 aliphatic rings. The van der Waals surface area contributed by atoms with Crippen molar-refractivity contribution in [3.63, 3.8) is 0 Å². The topological polar surface area (TPSA) is 66.4 Å². The summed E-state index contributed by atoms with van der Waals surface area (Å²) in [5.74, 6) is -0.178. The molecule has 0 atom stereocenters. The summed E-state index contributed by atoms with van der Waals surface area (Å²) in [5.41, 5.74) is -0.723. The Morgan fingerprint density at radius 1 is 0.952 bits per heavy atom. The number of carboxylic acid groups (broad SMARTS) is 1. The Morgan fingerprint density at radius 2 is 1.52 bits per heavy atom. The fraction of sp³-hybridized carbons (Fsp3) is 0.882. The van der Waals surface area contributed by atoms with Crippen molar-refractivity contribution in [2.24, 2.45) is 11.3 Å². The lowest BCUT2D eigenvalue weighted by atomic mass is 9.80. The molecular formula is C17H29NO3. The van der Waals surface area contributed by atoms with Gasteiger partial charge in [0, 0.05) is 13.0 Å². The molecule has 0 heterocycles. The summed E-state index contributed by atoms with van der Waals surface area (Å²) in [6, 6.07) is 0. The van der Waals surface area contributed by atoms with Gasteiger partial charge in [0.05, 0.1) is 5.41 Å². The monoisotopic (exact) mass is 295 g/mol. The van der Waals surface area contributed by atoms with Gasteiger partial charge in [-0.3, -0.25) is 9.59 Å². The first-order valence-electron chi connectivity index (χ1n) is 8.62. The van der Waals surface area contributed by atoms with Crippen LogP contribution in [0.1, 0.15) is 77.0 Å². The maximum atomic E-state index is 12.1. The van der Waals surface area contributed by atoms with E-state index in [-0.39, 0.29) is 5.91 Å². The number of aliphatic carboxylic acids is 1. The van der Waals surface area contributed by atoms with E-state index in [1.165, 1.54) is 19.3 Å². The van der Waals surface area contributed by atoms with E-state index in [1.54, 1.807) is 0 Å². The summed E-state index contributed by atoms with van der Waals surface area (Å²) in [7, 11) is 0. The van der Waals surface area contributed by atoms with Gasteiger partial charge in [-0.25, -0.2) is 0 Å². The Balaban J connectivity index is 1.83. The molecule has 0 spiro atoms. The maximum Gasteiger partial charge on any atom is 0.311 e. The highest BCUT2D eigenvalue weighted by molar-refractivity contribution is 5.79. The van der Waals surface area contributed by atoms with Gasteiger partial charge in [0.25, 0.3) is 0 Å². The van der Waals surface area contributed by atoms with Crippen LogP contribution >= 0.6 is 0 Å². The number of hydrogen-bond acceptors (Lipinski definition) is 2. The quantitative estimate of drug-likeness (QED) is 0.763. The third-order valence-corrected chi connectivity index (χ3v) is 5.34. The molecule has 0 saturated heterocycles. The molecule has 0 aromatic heterocycles. The van der Waals surface area contributed by atoms with Crippen LogP contribution in [0.15, 0.2) is 0 Å². The minimum atomic E-state index is -0.734. The van der Waals surface area contributed by atoms with E-state index >= 15 is 0 Å². The number of amides is 1. The summed E-state index contributed by atoms with van der Waals surface area (Å²) in [6.45, 7) is 0.313. The maximum absolute atomic E-state index is 12.1. The molecule has 1 amide bonds. The first-order valence-corrected chi connectivity index (χ1v) is 8.62. The van der Waals surface area contributed by atoms with Crippen molar-refractivity contribution in [3.05, 3.63) is 0 Å². The van der Waals surface area contributed by atoms with Crippen molar-refractivity contribution >= 4 is 11.9 Å². The minimum Gasteiger partial charge on any atom is -0.481 e. The highest BCUT2D eigenvalue weighted by Crippen LogP contribution is 2.35. The highest BCUT2D eigenvalue weighted by atomic mass is 16.4. The van der Waals surface area contributed by atoms with Crippen molar-refractivity contribution in [2.75, 3.05) is 6.54 Å². The van der Waals surface area contributed by atoms with Crippen LogP contribution in [0, 0.1) is 11.3 Å². The normalized spacial score (nSPS) is 23.2. The van der Waals surface area contributed by atoms with Gasteiger partial charge in [-0.15, -0.1) is 0 Å². The predicted octanol–water partition coefficient (Wildman–Crippen LogP) is 3.50. The lowest BCUT2D eigenvalue weighted by Gasteiger charge is -2.29. The molecule has 0 unspecified atom stereocenters. The molecule has 2 rings (SSSR count). The Hall–Kier alpha value is -1.06. The van der Waals surface area contributed by atoms with Gasteiger partial charge < -0.3 is 10.4 Å². The third kappa shape index (κ3) is 4.72. The van der Waals surface area contributed by atoms with E-state index in [9.17, 15) is 14.7 Å². The third-order valence-electron chi connectivity index (χ3n) is 5.34. The fourth-order valence-corrected chi connectivity index (χ4v) is 3.86. The SMILES string of the molecule is O=C(CC1CCCCC1)NCC1(C(=O)O)CCCCCC1. The van der Waals surface area contributed by atoms with E-state index in [4.69, 9.17) is 0 Å². The summed E-state index contributed by atoms with van der Waals surface area (Å²) in [5, 5.41) is 12.5. The average Bonchev–Trinajstić information content (AvgIpc) is 2.73. The van der Waals surface area contributed by atoms with Crippen molar-refractivity contribution in [3.8, 4) is 0 Å². The Kier molecular flexibility index (Phi) is 6.07. The van der Waals surface area contributed by atoms with Gasteiger partial charge in [-0.2, -0.15) is 0 Å². The molecular weight excluding hydrogens is 266 g/mol. The molecule has 2 aliphatic carbocycles. The minimum absolute atomic E-state index is 0.0479. The molecule has 2 fully saturated rings. The van der Waals surface area contributed by atoms with E-state index in [0.717, 1.165) is 38.5 Å². The lowest BCUT2D eigenvalue weighted by molar-refractivity contribution is -0.149. The molecule has 0 aliphatic heterocycles. The van der Waals surface area contributed by atoms with Crippen LogP contribution < -0.4 is 5.32 Å². The number of rotatable bonds is 5. The van der Waals surface area contributed by atoms with Crippen molar-refractivity contribution in [2.45, 2.75) is 77.0 Å². The van der Waals surface area contributed by atoms with E-state index in [0.29, 0.717) is 31.7 Å². The molecule has 120 valence electrons. The van der Waals surface area contributed by atoms with Crippen LogP contribution in [0.2, 0.25) is 0 Å². The van der Waals surface area contributed by atoms with Gasteiger partial charge in [-0.1, -0.05) is 44.9 Å². The number of hydrogen-bond donors (Lipinski definition) is 2. The van der Waals surface area contributed by atoms with Crippen molar-refractivity contribution in [1.29, 1.82) is 0 Å². The average molecular weight is 295 g/mol. The molecule has 21 heavy (non-hydrogen) atoms. The van der Waals surface area contributed by atoms with Gasteiger partial charge >= 0.3 is 5.97 Å². The molecule has 0 bridgehead atoms. The van der Waals surface area contributed by atoms with Crippen LogP contribution in [0.5, 0.6) is 0 Å². The second-order valence-corrected chi connectivity index (χ2v) is 6.98. The lowest BCUT2D eigenvalue weighted by Crippen LogP contribution is -2.43. The second kappa shape index (κ2) is 7.81. The fourth-order valence-electron chi connectivity index (χ4n) is 3.86. The van der Waals surface area contributed by atoms with Crippen LogP contribution in [0.3, 0.4) is 0 Å². The summed E-state index contributed by atoms with van der Waals surface area (Å²) >= 11 is 0. The summed E-state index contributed by atoms with van der Waals surface area (Å²) in [6.07, 6.45) is 12.2. The van der Waals surface area contributed by atoms with Gasteiger partial charge in [-0.05, 0) is 31.6 Å². The zero-order valence-electron chi connectivity index (χ0n) is 13.0. The largest absolute Gasteiger partial charge is 0.481 e. The van der Waals surface area contributed by atoms with Gasteiger partial charge in [0.2, 0.25) is 5.91 Å². The number of carbonyl (C=O) groups is 2. The zero-order valence-corrected chi connectivity index (χ0v) is 13.0. The summed E-state index contributed by atoms with van der Waals surface area (Å²) < 4.78 is 0. The number of carboxylic acids is 1. The number of nitrogens with one attached hydrogen (secondary N) is 1. The van der Waals surface area contributed by atoms with Crippen LogP contribution in [-0.4, -0.2) is 23.5 Å². The standard InChI is InChI=1S/C17H29NO3/c19-15(12-14-8-4-3-5-9-14)18-13-17(16(20)21)10-6-1-2-7-11-17/h14H,1-13H2,(H,18,19)(H,20,21). The molecule has 2 saturated carbocycles. The van der Waals surface area contributed by atoms with E-state index in [2.05, 4.69) is 5.32 Å².